The van der Waals surface area contributed by atoms with E-state index in [-0.39, 0.29) is 48.0 Å². The lowest BCUT2D eigenvalue weighted by molar-refractivity contribution is 0.0210. The molecule has 4 N–H and O–H groups in total. The third kappa shape index (κ3) is 4.26. The minimum absolute atomic E-state index is 0. The predicted octanol–water partition coefficient (Wildman–Crippen LogP) is 0.665. The molecule has 0 aromatic heterocycles. The van der Waals surface area contributed by atoms with Gasteiger partial charge in [0.05, 0.1) is 0 Å². The topological polar surface area (TPSA) is 105 Å². The first kappa shape index (κ1) is 20.9. The van der Waals surface area contributed by atoms with Crippen LogP contribution in [0.1, 0.15) is 15.9 Å². The molecule has 1 fully saturated rings. The maximum absolute atomic E-state index is 11.6. The number of carbonyl (C=O) groups is 1. The highest BCUT2D eigenvalue weighted by atomic mass is 35.5. The lowest BCUT2D eigenvalue weighted by Crippen LogP contribution is -2.55. The Hall–Kier alpha value is -1.19. The molecule has 0 amide bonds. The number of carboxylic acids is 1. The van der Waals surface area contributed by atoms with Gasteiger partial charge in [0.15, 0.2) is 0 Å². The minimum atomic E-state index is -1.11. The summed E-state index contributed by atoms with van der Waals surface area (Å²) >= 11 is 0. The Morgan fingerprint density at radius 1 is 1.42 bits per heavy atom. The van der Waals surface area contributed by atoms with Crippen molar-refractivity contribution in [1.82, 2.24) is 4.90 Å². The molecular formula is C14H21BCl2N2O5. The summed E-state index contributed by atoms with van der Waals surface area (Å²) in [4.78, 5) is 13.7. The Labute approximate surface area is 153 Å². The molecule has 0 radical (unpaired) electrons. The first-order valence-corrected chi connectivity index (χ1v) is 7.41. The number of nitrogens with two attached hydrogens (primary N) is 1. The van der Waals surface area contributed by atoms with Crippen molar-refractivity contribution < 1.29 is 24.3 Å². The van der Waals surface area contributed by atoms with Crippen molar-refractivity contribution in [2.75, 3.05) is 26.2 Å². The van der Waals surface area contributed by atoms with Gasteiger partial charge in [0.25, 0.3) is 0 Å². The molecule has 0 atom stereocenters. The van der Waals surface area contributed by atoms with Crippen molar-refractivity contribution in [3.63, 3.8) is 0 Å². The molecule has 24 heavy (non-hydrogen) atoms. The highest BCUT2D eigenvalue weighted by Crippen LogP contribution is 2.37. The second-order valence-corrected chi connectivity index (χ2v) is 5.63. The summed E-state index contributed by atoms with van der Waals surface area (Å²) in [6.07, 6.45) is 1.00. The van der Waals surface area contributed by atoms with E-state index in [1.165, 1.54) is 0 Å². The van der Waals surface area contributed by atoms with Crippen LogP contribution in [0, 0.1) is 0 Å². The molecular weight excluding hydrogens is 358 g/mol. The Kier molecular flexibility index (Phi) is 7.63. The number of likely N-dealkylation sites (tertiary alicyclic amines) is 1. The smallest absolute Gasteiger partial charge is 0.522 e. The van der Waals surface area contributed by atoms with Crippen LogP contribution in [-0.4, -0.2) is 60.4 Å². The van der Waals surface area contributed by atoms with E-state index in [0.29, 0.717) is 19.3 Å². The quantitative estimate of drug-likeness (QED) is 0.646. The maximum Gasteiger partial charge on any atom is 0.522 e. The Morgan fingerprint density at radius 2 is 2.12 bits per heavy atom. The molecule has 7 nitrogen and oxygen atoms in total. The normalized spacial score (nSPS) is 16.8. The highest BCUT2D eigenvalue weighted by molar-refractivity contribution is 6.44. The lowest BCUT2D eigenvalue weighted by Gasteiger charge is -2.39. The number of fused-ring (bicyclic) bond motifs is 1. The summed E-state index contributed by atoms with van der Waals surface area (Å²) < 4.78 is 11.1. The zero-order chi connectivity index (χ0) is 15.7. The van der Waals surface area contributed by atoms with Gasteiger partial charge < -0.3 is 25.3 Å². The number of rotatable bonds is 5. The third-order valence-electron chi connectivity index (χ3n) is 3.99. The largest absolute Gasteiger partial charge is 0.535 e. The molecule has 134 valence electrons. The van der Waals surface area contributed by atoms with Gasteiger partial charge in [0.2, 0.25) is 0 Å². The van der Waals surface area contributed by atoms with E-state index in [1.54, 1.807) is 12.1 Å². The zero-order valence-electron chi connectivity index (χ0n) is 13.0. The highest BCUT2D eigenvalue weighted by Gasteiger charge is 2.33. The Morgan fingerprint density at radius 3 is 2.75 bits per heavy atom. The summed E-state index contributed by atoms with van der Waals surface area (Å²) in [5.41, 5.74) is 6.27. The number of hydrogen-bond acceptors (Lipinski definition) is 6. The molecule has 0 aliphatic carbocycles. The van der Waals surface area contributed by atoms with E-state index in [0.717, 1.165) is 25.2 Å². The van der Waals surface area contributed by atoms with E-state index in [4.69, 9.17) is 15.1 Å². The van der Waals surface area contributed by atoms with Crippen LogP contribution in [0.25, 0.3) is 0 Å². The third-order valence-corrected chi connectivity index (χ3v) is 3.99. The molecule has 2 heterocycles. The molecule has 1 saturated heterocycles. The van der Waals surface area contributed by atoms with E-state index >= 15 is 0 Å². The van der Waals surface area contributed by atoms with Crippen molar-refractivity contribution in [1.29, 1.82) is 0 Å². The predicted molar refractivity (Wildman–Crippen MR) is 94.9 cm³/mol. The van der Waals surface area contributed by atoms with Crippen molar-refractivity contribution >= 4 is 37.9 Å². The SMILES string of the molecule is Cl.Cl.NCCN1CC(Oc2ccc3c(c2C(=O)O)OB(O)CC3)C1. The van der Waals surface area contributed by atoms with E-state index in [2.05, 4.69) is 4.90 Å². The van der Waals surface area contributed by atoms with Crippen LogP contribution in [0.5, 0.6) is 11.5 Å². The van der Waals surface area contributed by atoms with Crippen LogP contribution < -0.4 is 15.1 Å². The van der Waals surface area contributed by atoms with Gasteiger partial charge in [-0.1, -0.05) is 6.07 Å². The zero-order valence-corrected chi connectivity index (χ0v) is 14.6. The second-order valence-electron chi connectivity index (χ2n) is 5.63. The fourth-order valence-corrected chi connectivity index (χ4v) is 2.86. The van der Waals surface area contributed by atoms with Crippen LogP contribution in [-0.2, 0) is 6.42 Å². The van der Waals surface area contributed by atoms with Crippen LogP contribution in [0.2, 0.25) is 6.32 Å². The summed E-state index contributed by atoms with van der Waals surface area (Å²) in [7, 11) is -0.968. The molecule has 0 spiro atoms. The number of aromatic carboxylic acids is 1. The second kappa shape index (κ2) is 8.78. The minimum Gasteiger partial charge on any atom is -0.535 e. The van der Waals surface area contributed by atoms with Gasteiger partial charge in [-0.15, -0.1) is 24.8 Å². The first-order chi connectivity index (χ1) is 10.6. The fraction of sp³-hybridized carbons (Fsp3) is 0.500. The van der Waals surface area contributed by atoms with Crippen molar-refractivity contribution in [2.24, 2.45) is 5.73 Å². The number of hydrogen-bond donors (Lipinski definition) is 3. The molecule has 0 unspecified atom stereocenters. The average Bonchev–Trinajstić information content (AvgIpc) is 2.44. The standard InChI is InChI=1S/C14H19BN2O5.2ClH/c16-5-6-17-7-10(8-17)21-11-2-1-9-3-4-15(20)22-13(9)12(11)14(18)19;;/h1-2,10,20H,3-8,16H2,(H,18,19);2*1H. The molecule has 1 aromatic carbocycles. The Balaban J connectivity index is 0.00000144. The Bertz CT molecular complexity index is 587. The maximum atomic E-state index is 11.6. The van der Waals surface area contributed by atoms with Gasteiger partial charge in [0, 0.05) is 26.2 Å². The van der Waals surface area contributed by atoms with Crippen molar-refractivity contribution in [3.05, 3.63) is 23.3 Å². The number of ether oxygens (including phenoxy) is 1. The fourth-order valence-electron chi connectivity index (χ4n) is 2.86. The summed E-state index contributed by atoms with van der Waals surface area (Å²) in [5.74, 6) is -0.598. The number of aryl methyl sites for hydroxylation is 1. The molecule has 0 saturated carbocycles. The van der Waals surface area contributed by atoms with Gasteiger partial charge in [0.1, 0.15) is 23.2 Å². The number of carboxylic acid groups (broad SMARTS) is 1. The van der Waals surface area contributed by atoms with Gasteiger partial charge in [-0.25, -0.2) is 4.79 Å². The monoisotopic (exact) mass is 378 g/mol. The van der Waals surface area contributed by atoms with Crippen LogP contribution >= 0.6 is 24.8 Å². The van der Waals surface area contributed by atoms with Crippen LogP contribution in [0.4, 0.5) is 0 Å². The molecule has 0 bridgehead atoms. The van der Waals surface area contributed by atoms with E-state index in [1.807, 2.05) is 0 Å². The average molecular weight is 379 g/mol. The van der Waals surface area contributed by atoms with Gasteiger partial charge in [-0.3, -0.25) is 4.90 Å². The van der Waals surface area contributed by atoms with Crippen molar-refractivity contribution in [2.45, 2.75) is 18.8 Å². The number of benzene rings is 1. The number of nitrogens with zero attached hydrogens (tertiary/aromatic N) is 1. The van der Waals surface area contributed by atoms with E-state index in [9.17, 15) is 14.9 Å². The van der Waals surface area contributed by atoms with E-state index < -0.39 is 13.1 Å². The summed E-state index contributed by atoms with van der Waals surface area (Å²) in [6, 6.07) is 3.48. The molecule has 1 aromatic rings. The summed E-state index contributed by atoms with van der Waals surface area (Å²) in [5, 5.41) is 19.1. The van der Waals surface area contributed by atoms with Crippen molar-refractivity contribution in [3.8, 4) is 11.5 Å². The van der Waals surface area contributed by atoms with Crippen LogP contribution in [0.15, 0.2) is 12.1 Å². The number of halogens is 2. The summed E-state index contributed by atoms with van der Waals surface area (Å²) in [6.45, 7) is 2.87. The first-order valence-electron chi connectivity index (χ1n) is 7.41. The molecule has 10 heteroatoms. The van der Waals surface area contributed by atoms with Gasteiger partial charge in [-0.2, -0.15) is 0 Å². The lowest BCUT2D eigenvalue weighted by atomic mass is 9.78. The molecule has 2 aliphatic rings. The van der Waals surface area contributed by atoms with Crippen LogP contribution in [0.3, 0.4) is 0 Å². The molecule has 3 rings (SSSR count). The van der Waals surface area contributed by atoms with Gasteiger partial charge in [-0.05, 0) is 24.4 Å². The molecule has 2 aliphatic heterocycles. The van der Waals surface area contributed by atoms with Gasteiger partial charge >= 0.3 is 13.1 Å².